The summed E-state index contributed by atoms with van der Waals surface area (Å²) in [5.41, 5.74) is 4.01. The summed E-state index contributed by atoms with van der Waals surface area (Å²) in [6, 6.07) is 13.1. The molecule has 152 valence electrons. The monoisotopic (exact) mass is 473 g/mol. The summed E-state index contributed by atoms with van der Waals surface area (Å²) in [5, 5.41) is 9.76. The molecule has 1 amide bonds. The van der Waals surface area contributed by atoms with Crippen LogP contribution in [-0.4, -0.2) is 17.6 Å². The van der Waals surface area contributed by atoms with Crippen molar-refractivity contribution in [1.82, 2.24) is 10.6 Å². The summed E-state index contributed by atoms with van der Waals surface area (Å²) in [6.07, 6.45) is 0.892. The standard InChI is InChI=1S/C22H24BrN3O2S/c1-4-11-28-18-10-7-15(23)12-17(18)20-19(14(3)24-22(29)26-20)21(27)25-16-8-5-13(2)6-9-16/h5-10,12,20H,4,11H2,1-3H3,(H,25,27)(H2,24,26,29)/t20-/m0/s1. The molecule has 1 atom stereocenters. The molecule has 1 aliphatic rings. The highest BCUT2D eigenvalue weighted by atomic mass is 79.9. The summed E-state index contributed by atoms with van der Waals surface area (Å²) < 4.78 is 6.85. The lowest BCUT2D eigenvalue weighted by molar-refractivity contribution is -0.113. The Hall–Kier alpha value is -2.38. The normalized spacial score (nSPS) is 16.1. The number of aryl methyl sites for hydroxylation is 1. The first-order chi connectivity index (χ1) is 13.9. The minimum Gasteiger partial charge on any atom is -0.493 e. The van der Waals surface area contributed by atoms with Gasteiger partial charge in [0.05, 0.1) is 18.2 Å². The first-order valence-corrected chi connectivity index (χ1v) is 10.7. The molecule has 3 rings (SSSR count). The Morgan fingerprint density at radius 2 is 1.93 bits per heavy atom. The van der Waals surface area contributed by atoms with Crippen molar-refractivity contribution in [2.45, 2.75) is 33.2 Å². The van der Waals surface area contributed by atoms with Crippen LogP contribution < -0.4 is 20.7 Å². The second kappa shape index (κ2) is 9.41. The lowest BCUT2D eigenvalue weighted by atomic mass is 9.94. The third-order valence-corrected chi connectivity index (χ3v) is 5.28. The largest absolute Gasteiger partial charge is 0.493 e. The fourth-order valence-corrected chi connectivity index (χ4v) is 3.80. The molecule has 0 unspecified atom stereocenters. The number of benzene rings is 2. The first-order valence-electron chi connectivity index (χ1n) is 9.47. The van der Waals surface area contributed by atoms with Crippen LogP contribution in [0.3, 0.4) is 0 Å². The highest BCUT2D eigenvalue weighted by Crippen LogP contribution is 2.35. The van der Waals surface area contributed by atoms with Gasteiger partial charge in [0.2, 0.25) is 0 Å². The van der Waals surface area contributed by atoms with Crippen molar-refractivity contribution in [3.63, 3.8) is 0 Å². The van der Waals surface area contributed by atoms with Crippen molar-refractivity contribution >= 4 is 44.9 Å². The van der Waals surface area contributed by atoms with Crippen LogP contribution in [0.15, 0.2) is 58.2 Å². The minimum absolute atomic E-state index is 0.194. The van der Waals surface area contributed by atoms with Crippen LogP contribution in [0.4, 0.5) is 5.69 Å². The van der Waals surface area contributed by atoms with Crippen LogP contribution in [0.25, 0.3) is 0 Å². The smallest absolute Gasteiger partial charge is 0.255 e. The fourth-order valence-electron chi connectivity index (χ4n) is 3.15. The molecule has 0 fully saturated rings. The number of nitrogens with one attached hydrogen (secondary N) is 3. The molecule has 2 aromatic rings. The third kappa shape index (κ3) is 5.16. The minimum atomic E-state index is -0.432. The predicted molar refractivity (Wildman–Crippen MR) is 124 cm³/mol. The number of ether oxygens (including phenoxy) is 1. The van der Waals surface area contributed by atoms with Crippen LogP contribution in [0, 0.1) is 6.92 Å². The molecule has 0 saturated heterocycles. The maximum absolute atomic E-state index is 13.2. The molecular formula is C22H24BrN3O2S. The maximum Gasteiger partial charge on any atom is 0.255 e. The number of anilines is 1. The van der Waals surface area contributed by atoms with Crippen molar-refractivity contribution in [3.8, 4) is 5.75 Å². The Kier molecular flexibility index (Phi) is 6.92. The van der Waals surface area contributed by atoms with Gasteiger partial charge in [-0.3, -0.25) is 4.79 Å². The highest BCUT2D eigenvalue weighted by Gasteiger charge is 2.32. The van der Waals surface area contributed by atoms with Gasteiger partial charge in [-0.05, 0) is 62.8 Å². The Morgan fingerprint density at radius 3 is 2.62 bits per heavy atom. The van der Waals surface area contributed by atoms with E-state index in [1.807, 2.05) is 56.3 Å². The summed E-state index contributed by atoms with van der Waals surface area (Å²) in [5.74, 6) is 0.533. The van der Waals surface area contributed by atoms with E-state index in [1.165, 1.54) is 0 Å². The molecular weight excluding hydrogens is 450 g/mol. The summed E-state index contributed by atoms with van der Waals surface area (Å²) in [6.45, 7) is 6.52. The fraction of sp³-hybridized carbons (Fsp3) is 0.273. The van der Waals surface area contributed by atoms with Crippen LogP contribution in [0.5, 0.6) is 5.75 Å². The van der Waals surface area contributed by atoms with E-state index in [4.69, 9.17) is 17.0 Å². The molecule has 0 saturated carbocycles. The molecule has 5 nitrogen and oxygen atoms in total. The third-order valence-electron chi connectivity index (χ3n) is 4.57. The zero-order chi connectivity index (χ0) is 21.0. The van der Waals surface area contributed by atoms with Crippen LogP contribution in [-0.2, 0) is 4.79 Å². The Labute approximate surface area is 185 Å². The quantitative estimate of drug-likeness (QED) is 0.516. The first kappa shape index (κ1) is 21.3. The zero-order valence-electron chi connectivity index (χ0n) is 16.6. The van der Waals surface area contributed by atoms with Gasteiger partial charge in [-0.25, -0.2) is 0 Å². The number of hydrogen-bond acceptors (Lipinski definition) is 3. The lowest BCUT2D eigenvalue weighted by Gasteiger charge is -2.31. The average molecular weight is 474 g/mol. The van der Waals surface area contributed by atoms with E-state index in [0.29, 0.717) is 23.0 Å². The molecule has 0 radical (unpaired) electrons. The number of halogens is 1. The molecule has 1 heterocycles. The molecule has 0 spiro atoms. The van der Waals surface area contributed by atoms with Gasteiger partial charge in [0.1, 0.15) is 5.75 Å². The van der Waals surface area contributed by atoms with E-state index < -0.39 is 6.04 Å². The number of allylic oxidation sites excluding steroid dienone is 1. The number of thiocarbonyl (C=S) groups is 1. The van der Waals surface area contributed by atoms with Gasteiger partial charge in [-0.1, -0.05) is 40.5 Å². The summed E-state index contributed by atoms with van der Waals surface area (Å²) >= 11 is 8.90. The molecule has 0 aromatic heterocycles. The number of carbonyl (C=O) groups excluding carboxylic acids is 1. The Bertz CT molecular complexity index is 957. The van der Waals surface area contributed by atoms with E-state index in [1.54, 1.807) is 0 Å². The van der Waals surface area contributed by atoms with E-state index in [2.05, 4.69) is 38.8 Å². The van der Waals surface area contributed by atoms with Crippen molar-refractivity contribution in [2.24, 2.45) is 0 Å². The van der Waals surface area contributed by atoms with Crippen LogP contribution in [0.2, 0.25) is 0 Å². The molecule has 0 bridgehead atoms. The number of carbonyl (C=O) groups is 1. The molecule has 2 aromatic carbocycles. The average Bonchev–Trinajstić information content (AvgIpc) is 2.68. The summed E-state index contributed by atoms with van der Waals surface area (Å²) in [7, 11) is 0. The van der Waals surface area contributed by atoms with Gasteiger partial charge in [-0.2, -0.15) is 0 Å². The maximum atomic E-state index is 13.2. The molecule has 3 N–H and O–H groups in total. The van der Waals surface area contributed by atoms with E-state index in [9.17, 15) is 4.79 Å². The zero-order valence-corrected chi connectivity index (χ0v) is 19.0. The van der Waals surface area contributed by atoms with Crippen molar-refractivity contribution < 1.29 is 9.53 Å². The van der Waals surface area contributed by atoms with Gasteiger partial charge in [-0.15, -0.1) is 0 Å². The van der Waals surface area contributed by atoms with E-state index in [0.717, 1.165) is 33.5 Å². The molecule has 1 aliphatic heterocycles. The predicted octanol–water partition coefficient (Wildman–Crippen LogP) is 4.98. The van der Waals surface area contributed by atoms with Gasteiger partial charge in [0.15, 0.2) is 5.11 Å². The second-order valence-corrected chi connectivity index (χ2v) is 8.24. The Morgan fingerprint density at radius 1 is 1.21 bits per heavy atom. The molecule has 0 aliphatic carbocycles. The van der Waals surface area contributed by atoms with Crippen molar-refractivity contribution in [1.29, 1.82) is 0 Å². The van der Waals surface area contributed by atoms with E-state index in [-0.39, 0.29) is 5.91 Å². The number of amides is 1. The van der Waals surface area contributed by atoms with Crippen molar-refractivity contribution in [2.75, 3.05) is 11.9 Å². The van der Waals surface area contributed by atoms with E-state index >= 15 is 0 Å². The second-order valence-electron chi connectivity index (χ2n) is 6.92. The number of rotatable bonds is 6. The van der Waals surface area contributed by atoms with Gasteiger partial charge >= 0.3 is 0 Å². The van der Waals surface area contributed by atoms with Gasteiger partial charge < -0.3 is 20.7 Å². The summed E-state index contributed by atoms with van der Waals surface area (Å²) in [4.78, 5) is 13.2. The molecule has 7 heteroatoms. The molecule has 29 heavy (non-hydrogen) atoms. The lowest BCUT2D eigenvalue weighted by Crippen LogP contribution is -2.45. The van der Waals surface area contributed by atoms with Gasteiger partial charge in [0.25, 0.3) is 5.91 Å². The van der Waals surface area contributed by atoms with Crippen molar-refractivity contribution in [3.05, 3.63) is 69.3 Å². The van der Waals surface area contributed by atoms with Crippen LogP contribution in [0.1, 0.15) is 37.4 Å². The topological polar surface area (TPSA) is 62.4 Å². The SMILES string of the molecule is CCCOc1ccc(Br)cc1[C@@H]1NC(=S)NC(C)=C1C(=O)Nc1ccc(C)cc1. The number of hydrogen-bond donors (Lipinski definition) is 3. The van der Waals surface area contributed by atoms with Crippen LogP contribution >= 0.6 is 28.1 Å². The van der Waals surface area contributed by atoms with Gasteiger partial charge in [0, 0.05) is 21.4 Å². The highest BCUT2D eigenvalue weighted by molar-refractivity contribution is 9.10. The Balaban J connectivity index is 1.99.